The zero-order chi connectivity index (χ0) is 24.5. The predicted octanol–water partition coefficient (Wildman–Crippen LogP) is 3.92. The molecule has 0 spiro atoms. The summed E-state index contributed by atoms with van der Waals surface area (Å²) in [5, 5.41) is 18.5. The Kier molecular flexibility index (Phi) is 6.79. The first-order chi connectivity index (χ1) is 16.1. The monoisotopic (exact) mass is 484 g/mol. The second kappa shape index (κ2) is 9.61. The van der Waals surface area contributed by atoms with Crippen LogP contribution in [0.15, 0.2) is 42.9 Å². The second-order valence-electron chi connectivity index (χ2n) is 9.07. The van der Waals surface area contributed by atoms with E-state index in [1.807, 2.05) is 30.3 Å². The lowest BCUT2D eigenvalue weighted by molar-refractivity contribution is -0.127. The van der Waals surface area contributed by atoms with Crippen LogP contribution in [0.25, 0.3) is 21.9 Å². The van der Waals surface area contributed by atoms with Crippen LogP contribution >= 0.6 is 11.6 Å². The zero-order valence-electron chi connectivity index (χ0n) is 19.1. The Labute approximate surface area is 202 Å². The SMILES string of the molecule is CC(C)(O)O.Nc1nc2cc(OCC3CCC(n4ccc5c(N)ncnc54)C3)ccc2cc1Cl. The zero-order valence-corrected chi connectivity index (χ0v) is 19.9. The molecule has 180 valence electrons. The van der Waals surface area contributed by atoms with Crippen molar-refractivity contribution in [2.24, 2.45) is 5.92 Å². The maximum Gasteiger partial charge on any atom is 0.156 e. The third kappa shape index (κ3) is 5.67. The third-order valence-corrected chi connectivity index (χ3v) is 6.01. The fraction of sp³-hybridized carbons (Fsp3) is 0.375. The van der Waals surface area contributed by atoms with Gasteiger partial charge in [0.2, 0.25) is 0 Å². The highest BCUT2D eigenvalue weighted by molar-refractivity contribution is 6.33. The number of ether oxygens (including phenoxy) is 1. The molecule has 3 aromatic heterocycles. The molecule has 0 saturated heterocycles. The highest BCUT2D eigenvalue weighted by Crippen LogP contribution is 2.37. The van der Waals surface area contributed by atoms with Crippen molar-refractivity contribution in [1.82, 2.24) is 19.5 Å². The summed E-state index contributed by atoms with van der Waals surface area (Å²) < 4.78 is 8.29. The van der Waals surface area contributed by atoms with Crippen LogP contribution in [0, 0.1) is 5.92 Å². The first kappa shape index (κ1) is 24.0. The largest absolute Gasteiger partial charge is 0.493 e. The number of aromatic nitrogens is 4. The lowest BCUT2D eigenvalue weighted by atomic mass is 10.1. The molecule has 4 aromatic rings. The van der Waals surface area contributed by atoms with Crippen molar-refractivity contribution in [3.05, 3.63) is 47.9 Å². The fourth-order valence-corrected chi connectivity index (χ4v) is 4.34. The van der Waals surface area contributed by atoms with E-state index in [9.17, 15) is 0 Å². The molecule has 0 amide bonds. The van der Waals surface area contributed by atoms with Crippen LogP contribution in [0.2, 0.25) is 5.02 Å². The summed E-state index contributed by atoms with van der Waals surface area (Å²) in [5.74, 6) is 0.634. The van der Waals surface area contributed by atoms with Gasteiger partial charge in [-0.3, -0.25) is 0 Å². The van der Waals surface area contributed by atoms with Crippen LogP contribution in [0.5, 0.6) is 5.75 Å². The van der Waals surface area contributed by atoms with E-state index in [2.05, 4.69) is 25.7 Å². The van der Waals surface area contributed by atoms with Crippen molar-refractivity contribution in [2.45, 2.75) is 44.9 Å². The summed E-state index contributed by atoms with van der Waals surface area (Å²) in [7, 11) is 0. The van der Waals surface area contributed by atoms with Gasteiger partial charge in [-0.25, -0.2) is 15.0 Å². The number of fused-ring (bicyclic) bond motifs is 2. The number of hydrogen-bond acceptors (Lipinski definition) is 8. The molecule has 1 aromatic carbocycles. The van der Waals surface area contributed by atoms with Gasteiger partial charge in [0.15, 0.2) is 5.79 Å². The molecule has 1 aliphatic carbocycles. The Hall–Kier alpha value is -3.14. The molecule has 3 heterocycles. The molecule has 1 saturated carbocycles. The molecule has 1 fully saturated rings. The molecule has 0 bridgehead atoms. The van der Waals surface area contributed by atoms with Gasteiger partial charge in [0.1, 0.15) is 29.4 Å². The summed E-state index contributed by atoms with van der Waals surface area (Å²) in [6.45, 7) is 3.27. The van der Waals surface area contributed by atoms with Crippen LogP contribution in [-0.2, 0) is 0 Å². The van der Waals surface area contributed by atoms with E-state index in [-0.39, 0.29) is 0 Å². The van der Waals surface area contributed by atoms with Gasteiger partial charge in [0, 0.05) is 23.7 Å². The van der Waals surface area contributed by atoms with Gasteiger partial charge in [0.05, 0.1) is 22.5 Å². The number of benzene rings is 1. The summed E-state index contributed by atoms with van der Waals surface area (Å²) in [6, 6.07) is 10.0. The van der Waals surface area contributed by atoms with Gasteiger partial charge in [-0.2, -0.15) is 0 Å². The summed E-state index contributed by atoms with van der Waals surface area (Å²) in [4.78, 5) is 12.8. The smallest absolute Gasteiger partial charge is 0.156 e. The van der Waals surface area contributed by atoms with Crippen molar-refractivity contribution < 1.29 is 14.9 Å². The minimum atomic E-state index is -1.50. The summed E-state index contributed by atoms with van der Waals surface area (Å²) >= 11 is 6.04. The number of nitrogen functional groups attached to an aromatic ring is 2. The predicted molar refractivity (Wildman–Crippen MR) is 133 cm³/mol. The quantitative estimate of drug-likeness (QED) is 0.319. The summed E-state index contributed by atoms with van der Waals surface area (Å²) in [6.07, 6.45) is 6.84. The summed E-state index contributed by atoms with van der Waals surface area (Å²) in [5.41, 5.74) is 13.5. The molecule has 2 atom stereocenters. The molecule has 1 aliphatic rings. The van der Waals surface area contributed by atoms with Crippen LogP contribution in [0.1, 0.15) is 39.2 Å². The topological polar surface area (TPSA) is 145 Å². The van der Waals surface area contributed by atoms with E-state index in [1.165, 1.54) is 20.2 Å². The van der Waals surface area contributed by atoms with Crippen molar-refractivity contribution in [1.29, 1.82) is 0 Å². The van der Waals surface area contributed by atoms with Gasteiger partial charge in [-0.15, -0.1) is 0 Å². The van der Waals surface area contributed by atoms with Gasteiger partial charge in [-0.05, 0) is 63.3 Å². The van der Waals surface area contributed by atoms with Crippen molar-refractivity contribution >= 4 is 45.2 Å². The number of halogens is 1. The Morgan fingerprint density at radius 1 is 1.12 bits per heavy atom. The van der Waals surface area contributed by atoms with Crippen LogP contribution in [-0.4, -0.2) is 42.1 Å². The average Bonchev–Trinajstić information content (AvgIpc) is 3.39. The first-order valence-electron chi connectivity index (χ1n) is 11.1. The Morgan fingerprint density at radius 2 is 1.88 bits per heavy atom. The van der Waals surface area contributed by atoms with Crippen molar-refractivity contribution in [3.63, 3.8) is 0 Å². The van der Waals surface area contributed by atoms with Crippen LogP contribution < -0.4 is 16.2 Å². The average molecular weight is 485 g/mol. The van der Waals surface area contributed by atoms with Crippen LogP contribution in [0.3, 0.4) is 0 Å². The van der Waals surface area contributed by atoms with Gasteiger partial charge < -0.3 is 31.0 Å². The van der Waals surface area contributed by atoms with Gasteiger partial charge >= 0.3 is 0 Å². The molecule has 10 heteroatoms. The maximum absolute atomic E-state index is 8.08. The fourth-order valence-electron chi connectivity index (χ4n) is 4.18. The van der Waals surface area contributed by atoms with Crippen molar-refractivity contribution in [2.75, 3.05) is 18.1 Å². The number of aliphatic hydroxyl groups is 2. The highest BCUT2D eigenvalue weighted by atomic mass is 35.5. The molecule has 34 heavy (non-hydrogen) atoms. The number of nitrogens with zero attached hydrogens (tertiary/aromatic N) is 4. The molecule has 6 N–H and O–H groups in total. The number of anilines is 2. The number of hydrogen-bond donors (Lipinski definition) is 4. The molecule has 9 nitrogen and oxygen atoms in total. The molecule has 2 unspecified atom stereocenters. The number of rotatable bonds is 4. The minimum absolute atomic E-state index is 0.332. The van der Waals surface area contributed by atoms with Crippen LogP contribution in [0.4, 0.5) is 11.6 Å². The number of pyridine rings is 1. The lowest BCUT2D eigenvalue weighted by Gasteiger charge is -2.15. The molecule has 5 rings (SSSR count). The molecular formula is C24H29ClN6O3. The Balaban J connectivity index is 0.000000499. The lowest BCUT2D eigenvalue weighted by Crippen LogP contribution is -2.15. The van der Waals surface area contributed by atoms with E-state index in [4.69, 9.17) is 38.0 Å². The molecular weight excluding hydrogens is 456 g/mol. The number of nitrogens with two attached hydrogens (primary N) is 2. The Morgan fingerprint density at radius 3 is 2.65 bits per heavy atom. The van der Waals surface area contributed by atoms with E-state index < -0.39 is 5.79 Å². The third-order valence-electron chi connectivity index (χ3n) is 5.70. The normalized spacial score (nSPS) is 18.1. The van der Waals surface area contributed by atoms with E-state index in [0.29, 0.717) is 35.2 Å². The van der Waals surface area contributed by atoms with E-state index in [0.717, 1.165) is 46.9 Å². The molecule has 0 radical (unpaired) electrons. The second-order valence-corrected chi connectivity index (χ2v) is 9.47. The standard InChI is InChI=1S/C21H21ClN6O.C3H8O2/c22-17-8-13-2-4-15(9-18(13)27-20(17)24)29-10-12-1-3-14(7-12)28-6-5-16-19(23)25-11-26-21(16)28;1-3(2,4)5/h2,4-6,8-9,11-12,14H,1,3,7,10H2,(H2,24,27)(H2,23,25,26);4-5H,1-2H3. The van der Waals surface area contributed by atoms with E-state index >= 15 is 0 Å². The van der Waals surface area contributed by atoms with Gasteiger partial charge in [0.25, 0.3) is 0 Å². The van der Waals surface area contributed by atoms with Gasteiger partial charge in [-0.1, -0.05) is 11.6 Å². The minimum Gasteiger partial charge on any atom is -0.493 e. The first-order valence-corrected chi connectivity index (χ1v) is 11.5. The van der Waals surface area contributed by atoms with Crippen molar-refractivity contribution in [3.8, 4) is 5.75 Å². The highest BCUT2D eigenvalue weighted by Gasteiger charge is 2.27. The Bertz CT molecular complexity index is 1300. The maximum atomic E-state index is 8.08. The van der Waals surface area contributed by atoms with E-state index in [1.54, 1.807) is 0 Å². The molecule has 0 aliphatic heterocycles.